The van der Waals surface area contributed by atoms with Gasteiger partial charge in [0.1, 0.15) is 0 Å². The maximum absolute atomic E-state index is 12.8. The maximum atomic E-state index is 12.8. The van der Waals surface area contributed by atoms with E-state index in [0.717, 1.165) is 19.4 Å². The molecule has 9 heteroatoms. The highest BCUT2D eigenvalue weighted by Gasteiger charge is 2.32. The lowest BCUT2D eigenvalue weighted by atomic mass is 10.0. The first-order valence-electron chi connectivity index (χ1n) is 9.04. The molecule has 2 amide bonds. The Morgan fingerprint density at radius 3 is 2.56 bits per heavy atom. The van der Waals surface area contributed by atoms with Gasteiger partial charge in [-0.05, 0) is 37.1 Å². The number of nitrogens with one attached hydrogen (secondary N) is 1. The minimum absolute atomic E-state index is 0. The zero-order chi connectivity index (χ0) is 18.7. The Labute approximate surface area is 166 Å². The van der Waals surface area contributed by atoms with Crippen LogP contribution in [0.5, 0.6) is 0 Å². The largest absolute Gasteiger partial charge is 0.337 e. The molecule has 1 unspecified atom stereocenters. The van der Waals surface area contributed by atoms with Crippen LogP contribution < -0.4 is 5.32 Å². The molecular weight excluding hydrogens is 390 g/mol. The lowest BCUT2D eigenvalue weighted by molar-refractivity contribution is -0.135. The molecular formula is C18H26ClN3O4S. The number of likely N-dealkylation sites (tertiary alicyclic amines) is 1. The number of hydrogen-bond acceptors (Lipinski definition) is 5. The Morgan fingerprint density at radius 1 is 1.22 bits per heavy atom. The highest BCUT2D eigenvalue weighted by atomic mass is 35.5. The number of carbonyl (C=O) groups excluding carboxylic acids is 2. The van der Waals surface area contributed by atoms with E-state index in [0.29, 0.717) is 31.7 Å². The van der Waals surface area contributed by atoms with E-state index in [1.54, 1.807) is 24.0 Å². The van der Waals surface area contributed by atoms with Crippen LogP contribution in [0, 0.1) is 0 Å². The van der Waals surface area contributed by atoms with Gasteiger partial charge >= 0.3 is 0 Å². The number of rotatable bonds is 4. The number of carbonyl (C=O) groups is 2. The van der Waals surface area contributed by atoms with Crippen molar-refractivity contribution in [2.24, 2.45) is 0 Å². The summed E-state index contributed by atoms with van der Waals surface area (Å²) in [7, 11) is -3.27. The van der Waals surface area contributed by atoms with Crippen LogP contribution in [0.4, 0.5) is 0 Å². The molecule has 0 bridgehead atoms. The molecule has 0 radical (unpaired) electrons. The smallest absolute Gasteiger partial charge is 0.253 e. The van der Waals surface area contributed by atoms with Gasteiger partial charge in [0.05, 0.1) is 17.2 Å². The Kier molecular flexibility index (Phi) is 7.25. The molecule has 1 aromatic carbocycles. The zero-order valence-electron chi connectivity index (χ0n) is 15.4. The average molecular weight is 416 g/mol. The maximum Gasteiger partial charge on any atom is 0.253 e. The van der Waals surface area contributed by atoms with E-state index in [9.17, 15) is 18.0 Å². The second kappa shape index (κ2) is 9.03. The first kappa shape index (κ1) is 21.7. The number of benzene rings is 1. The van der Waals surface area contributed by atoms with Crippen molar-refractivity contribution in [3.8, 4) is 0 Å². The Morgan fingerprint density at radius 2 is 1.93 bits per heavy atom. The minimum atomic E-state index is -3.27. The SMILES string of the molecule is CCS(=O)(=O)c1ccc(C(=O)N2CCCC(N3CCNCC3=O)C2)cc1.Cl. The van der Waals surface area contributed by atoms with E-state index in [-0.39, 0.29) is 40.9 Å². The Bertz CT molecular complexity index is 782. The summed E-state index contributed by atoms with van der Waals surface area (Å²) in [5.41, 5.74) is 0.479. The predicted molar refractivity (Wildman–Crippen MR) is 105 cm³/mol. The molecule has 1 aromatic rings. The van der Waals surface area contributed by atoms with Gasteiger partial charge in [0.2, 0.25) is 5.91 Å². The molecule has 2 heterocycles. The number of amides is 2. The average Bonchev–Trinajstić information content (AvgIpc) is 2.68. The first-order chi connectivity index (χ1) is 12.4. The summed E-state index contributed by atoms with van der Waals surface area (Å²) in [6.45, 7) is 4.60. The number of hydrogen-bond donors (Lipinski definition) is 1. The van der Waals surface area contributed by atoms with Crippen molar-refractivity contribution in [2.75, 3.05) is 38.5 Å². The molecule has 1 atom stereocenters. The Balaban J connectivity index is 0.00000261. The van der Waals surface area contributed by atoms with Crippen LogP contribution in [0.1, 0.15) is 30.1 Å². The number of nitrogens with zero attached hydrogens (tertiary/aromatic N) is 2. The summed E-state index contributed by atoms with van der Waals surface area (Å²) in [4.78, 5) is 28.8. The van der Waals surface area contributed by atoms with Gasteiger partial charge in [0.25, 0.3) is 5.91 Å². The van der Waals surface area contributed by atoms with Gasteiger partial charge in [-0.1, -0.05) is 6.92 Å². The highest BCUT2D eigenvalue weighted by molar-refractivity contribution is 7.91. The third-order valence-electron chi connectivity index (χ3n) is 5.09. The molecule has 2 fully saturated rings. The van der Waals surface area contributed by atoms with Gasteiger partial charge < -0.3 is 15.1 Å². The molecule has 27 heavy (non-hydrogen) atoms. The highest BCUT2D eigenvalue weighted by Crippen LogP contribution is 2.20. The molecule has 2 aliphatic heterocycles. The van der Waals surface area contributed by atoms with E-state index in [1.165, 1.54) is 12.1 Å². The first-order valence-corrected chi connectivity index (χ1v) is 10.7. The van der Waals surface area contributed by atoms with Crippen LogP contribution in [0.2, 0.25) is 0 Å². The predicted octanol–water partition coefficient (Wildman–Crippen LogP) is 0.938. The van der Waals surface area contributed by atoms with Crippen molar-refractivity contribution in [3.63, 3.8) is 0 Å². The fourth-order valence-corrected chi connectivity index (χ4v) is 4.44. The van der Waals surface area contributed by atoms with Gasteiger partial charge in [-0.3, -0.25) is 9.59 Å². The summed E-state index contributed by atoms with van der Waals surface area (Å²) in [6, 6.07) is 6.19. The lowest BCUT2D eigenvalue weighted by Gasteiger charge is -2.41. The molecule has 0 spiro atoms. The second-order valence-corrected chi connectivity index (χ2v) is 9.02. The van der Waals surface area contributed by atoms with Gasteiger partial charge in [0, 0.05) is 37.8 Å². The van der Waals surface area contributed by atoms with Crippen molar-refractivity contribution in [1.82, 2.24) is 15.1 Å². The van der Waals surface area contributed by atoms with Crippen LogP contribution in [0.3, 0.4) is 0 Å². The molecule has 0 aromatic heterocycles. The standard InChI is InChI=1S/C18H25N3O4S.ClH/c1-2-26(24,25)16-7-5-14(6-8-16)18(23)20-10-3-4-15(13-20)21-11-9-19-12-17(21)22;/h5-8,15,19H,2-4,9-13H2,1H3;1H. The molecule has 0 aliphatic carbocycles. The third-order valence-corrected chi connectivity index (χ3v) is 6.84. The Hall–Kier alpha value is -1.64. The van der Waals surface area contributed by atoms with Crippen LogP contribution in [-0.4, -0.2) is 74.6 Å². The van der Waals surface area contributed by atoms with E-state index in [1.807, 2.05) is 4.90 Å². The summed E-state index contributed by atoms with van der Waals surface area (Å²) in [5, 5.41) is 3.06. The number of piperazine rings is 1. The van der Waals surface area contributed by atoms with Crippen molar-refractivity contribution in [2.45, 2.75) is 30.7 Å². The van der Waals surface area contributed by atoms with Crippen LogP contribution in [0.25, 0.3) is 0 Å². The molecule has 2 saturated heterocycles. The number of sulfone groups is 1. The van der Waals surface area contributed by atoms with Crippen LogP contribution >= 0.6 is 12.4 Å². The van der Waals surface area contributed by atoms with Crippen molar-refractivity contribution >= 4 is 34.1 Å². The van der Waals surface area contributed by atoms with E-state index < -0.39 is 9.84 Å². The van der Waals surface area contributed by atoms with Gasteiger partial charge in [-0.25, -0.2) is 8.42 Å². The molecule has 1 N–H and O–H groups in total. The van der Waals surface area contributed by atoms with E-state index in [4.69, 9.17) is 0 Å². The zero-order valence-corrected chi connectivity index (χ0v) is 17.0. The number of piperidine rings is 1. The summed E-state index contributed by atoms with van der Waals surface area (Å²) >= 11 is 0. The second-order valence-electron chi connectivity index (χ2n) is 6.74. The minimum Gasteiger partial charge on any atom is -0.337 e. The summed E-state index contributed by atoms with van der Waals surface area (Å²) in [6.07, 6.45) is 1.76. The van der Waals surface area contributed by atoms with E-state index >= 15 is 0 Å². The van der Waals surface area contributed by atoms with Crippen molar-refractivity contribution < 1.29 is 18.0 Å². The summed E-state index contributed by atoms with van der Waals surface area (Å²) < 4.78 is 23.8. The fourth-order valence-electron chi connectivity index (χ4n) is 3.55. The van der Waals surface area contributed by atoms with Gasteiger partial charge in [-0.2, -0.15) is 0 Å². The monoisotopic (exact) mass is 415 g/mol. The quantitative estimate of drug-likeness (QED) is 0.790. The molecule has 150 valence electrons. The van der Waals surface area contributed by atoms with Crippen molar-refractivity contribution in [3.05, 3.63) is 29.8 Å². The fraction of sp³-hybridized carbons (Fsp3) is 0.556. The van der Waals surface area contributed by atoms with E-state index in [2.05, 4.69) is 5.32 Å². The summed E-state index contributed by atoms with van der Waals surface area (Å²) in [5.74, 6) is 0.00899. The molecule has 7 nitrogen and oxygen atoms in total. The molecule has 2 aliphatic rings. The van der Waals surface area contributed by atoms with Gasteiger partial charge in [0.15, 0.2) is 9.84 Å². The third kappa shape index (κ3) is 4.80. The number of halogens is 1. The van der Waals surface area contributed by atoms with Gasteiger partial charge in [-0.15, -0.1) is 12.4 Å². The van der Waals surface area contributed by atoms with Crippen molar-refractivity contribution in [1.29, 1.82) is 0 Å². The normalized spacial score (nSPS) is 20.9. The van der Waals surface area contributed by atoms with Crippen LogP contribution in [0.15, 0.2) is 29.2 Å². The molecule has 0 saturated carbocycles. The molecule has 3 rings (SSSR count). The topological polar surface area (TPSA) is 86.8 Å². The van der Waals surface area contributed by atoms with Crippen LogP contribution in [-0.2, 0) is 14.6 Å². The lowest BCUT2D eigenvalue weighted by Crippen LogP contribution is -2.57.